The van der Waals surface area contributed by atoms with Gasteiger partial charge in [0.25, 0.3) is 0 Å². The number of ether oxygens (including phenoxy) is 1. The molecule has 1 fully saturated rings. The summed E-state index contributed by atoms with van der Waals surface area (Å²) in [5.74, 6) is 0. The molecule has 0 radical (unpaired) electrons. The van der Waals surface area contributed by atoms with Crippen LogP contribution in [0.4, 0.5) is 4.79 Å². The highest BCUT2D eigenvalue weighted by molar-refractivity contribution is 5.68. The largest absolute Gasteiger partial charge is 0.444 e. The normalized spacial score (nSPS) is 22.2. The van der Waals surface area contributed by atoms with Crippen molar-refractivity contribution in [2.45, 2.75) is 45.3 Å². The van der Waals surface area contributed by atoms with E-state index < -0.39 is 5.60 Å². The minimum atomic E-state index is -0.435. The van der Waals surface area contributed by atoms with Crippen molar-refractivity contribution in [1.29, 1.82) is 0 Å². The maximum absolute atomic E-state index is 11.6. The summed E-state index contributed by atoms with van der Waals surface area (Å²) < 4.78 is 5.24. The van der Waals surface area contributed by atoms with Gasteiger partial charge < -0.3 is 20.7 Å². The van der Waals surface area contributed by atoms with Gasteiger partial charge in [-0.2, -0.15) is 0 Å². The summed E-state index contributed by atoms with van der Waals surface area (Å²) in [5, 5.41) is 2.92. The van der Waals surface area contributed by atoms with E-state index in [1.54, 1.807) is 0 Å². The Morgan fingerprint density at radius 1 is 1.53 bits per heavy atom. The van der Waals surface area contributed by atoms with Crippen molar-refractivity contribution in [1.82, 2.24) is 10.2 Å². The molecule has 0 saturated carbocycles. The van der Waals surface area contributed by atoms with Crippen molar-refractivity contribution in [2.24, 2.45) is 5.73 Å². The fourth-order valence-corrected chi connectivity index (χ4v) is 2.03. The van der Waals surface area contributed by atoms with Crippen molar-refractivity contribution in [3.05, 3.63) is 0 Å². The summed E-state index contributed by atoms with van der Waals surface area (Å²) in [6, 6.07) is 0.185. The zero-order chi connectivity index (χ0) is 12.9. The molecule has 5 nitrogen and oxygen atoms in total. The minimum Gasteiger partial charge on any atom is -0.444 e. The number of piperidine rings is 1. The van der Waals surface area contributed by atoms with Crippen molar-refractivity contribution in [2.75, 3.05) is 26.2 Å². The SMILES string of the molecule is CC(C)(C)OC(=O)NC1CCCN(CCN)C1. The minimum absolute atomic E-state index is 0.185. The van der Waals surface area contributed by atoms with Gasteiger partial charge in [-0.25, -0.2) is 4.79 Å². The van der Waals surface area contributed by atoms with Crippen LogP contribution < -0.4 is 11.1 Å². The molecule has 1 aliphatic rings. The number of carbonyl (C=O) groups is 1. The molecule has 0 bridgehead atoms. The number of nitrogens with zero attached hydrogens (tertiary/aromatic N) is 1. The summed E-state index contributed by atoms with van der Waals surface area (Å²) >= 11 is 0. The van der Waals surface area contributed by atoms with Gasteiger partial charge in [-0.3, -0.25) is 0 Å². The van der Waals surface area contributed by atoms with Crippen molar-refractivity contribution < 1.29 is 9.53 Å². The van der Waals surface area contributed by atoms with E-state index in [4.69, 9.17) is 10.5 Å². The third-order valence-electron chi connectivity index (χ3n) is 2.67. The predicted octanol–water partition coefficient (Wildman–Crippen LogP) is 0.934. The molecule has 1 unspecified atom stereocenters. The van der Waals surface area contributed by atoms with Gasteiger partial charge in [-0.15, -0.1) is 0 Å². The average Bonchev–Trinajstić information content (AvgIpc) is 2.15. The molecule has 1 saturated heterocycles. The predicted molar refractivity (Wildman–Crippen MR) is 67.9 cm³/mol. The number of rotatable bonds is 3. The van der Waals surface area contributed by atoms with Crippen LogP contribution in [-0.4, -0.2) is 48.8 Å². The molecule has 5 heteroatoms. The van der Waals surface area contributed by atoms with E-state index in [2.05, 4.69) is 10.2 Å². The molecule has 1 rings (SSSR count). The van der Waals surface area contributed by atoms with E-state index >= 15 is 0 Å². The first-order valence-electron chi connectivity index (χ1n) is 6.32. The molecule has 1 heterocycles. The maximum atomic E-state index is 11.6. The third kappa shape index (κ3) is 5.89. The van der Waals surface area contributed by atoms with Crippen LogP contribution in [0.5, 0.6) is 0 Å². The van der Waals surface area contributed by atoms with Crippen LogP contribution >= 0.6 is 0 Å². The molecular formula is C12H25N3O2. The smallest absolute Gasteiger partial charge is 0.407 e. The lowest BCUT2D eigenvalue weighted by molar-refractivity contribution is 0.0473. The van der Waals surface area contributed by atoms with Crippen LogP contribution in [0.3, 0.4) is 0 Å². The molecule has 1 aliphatic heterocycles. The van der Waals surface area contributed by atoms with E-state index in [0.717, 1.165) is 32.5 Å². The quantitative estimate of drug-likeness (QED) is 0.774. The van der Waals surface area contributed by atoms with Crippen LogP contribution in [-0.2, 0) is 4.74 Å². The lowest BCUT2D eigenvalue weighted by atomic mass is 10.1. The molecule has 0 aromatic carbocycles. The first-order valence-corrected chi connectivity index (χ1v) is 6.32. The number of hydrogen-bond acceptors (Lipinski definition) is 4. The molecule has 17 heavy (non-hydrogen) atoms. The van der Waals surface area contributed by atoms with Gasteiger partial charge in [0.05, 0.1) is 0 Å². The Morgan fingerprint density at radius 3 is 2.82 bits per heavy atom. The monoisotopic (exact) mass is 243 g/mol. The lowest BCUT2D eigenvalue weighted by Crippen LogP contribution is -2.49. The van der Waals surface area contributed by atoms with Gasteiger partial charge in [0, 0.05) is 25.7 Å². The van der Waals surface area contributed by atoms with Crippen LogP contribution in [0.25, 0.3) is 0 Å². The summed E-state index contributed by atoms with van der Waals surface area (Å²) in [5.41, 5.74) is 5.10. The zero-order valence-electron chi connectivity index (χ0n) is 11.2. The van der Waals surface area contributed by atoms with Gasteiger partial charge in [-0.1, -0.05) is 0 Å². The molecule has 0 aromatic rings. The number of nitrogens with one attached hydrogen (secondary N) is 1. The van der Waals surface area contributed by atoms with Crippen molar-refractivity contribution >= 4 is 6.09 Å². The second-order valence-corrected chi connectivity index (χ2v) is 5.57. The standard InChI is InChI=1S/C12H25N3O2/c1-12(2,3)17-11(16)14-10-5-4-7-15(9-10)8-6-13/h10H,4-9,13H2,1-3H3,(H,14,16). The summed E-state index contributed by atoms with van der Waals surface area (Å²) in [4.78, 5) is 13.9. The molecular weight excluding hydrogens is 218 g/mol. The molecule has 0 aromatic heterocycles. The number of likely N-dealkylation sites (tertiary alicyclic amines) is 1. The first kappa shape index (κ1) is 14.3. The number of hydrogen-bond donors (Lipinski definition) is 2. The second-order valence-electron chi connectivity index (χ2n) is 5.57. The molecule has 100 valence electrons. The first-order chi connectivity index (χ1) is 7.90. The van der Waals surface area contributed by atoms with E-state index in [1.165, 1.54) is 0 Å². The van der Waals surface area contributed by atoms with Gasteiger partial charge in [0.1, 0.15) is 5.60 Å². The van der Waals surface area contributed by atoms with Crippen LogP contribution in [0, 0.1) is 0 Å². The third-order valence-corrected chi connectivity index (χ3v) is 2.67. The number of nitrogens with two attached hydrogens (primary N) is 1. The Hall–Kier alpha value is -0.810. The molecule has 0 spiro atoms. The average molecular weight is 243 g/mol. The van der Waals surface area contributed by atoms with E-state index in [-0.39, 0.29) is 12.1 Å². The summed E-state index contributed by atoms with van der Waals surface area (Å²) in [7, 11) is 0. The van der Waals surface area contributed by atoms with E-state index in [1.807, 2.05) is 20.8 Å². The molecule has 3 N–H and O–H groups in total. The van der Waals surface area contributed by atoms with Crippen LogP contribution in [0.2, 0.25) is 0 Å². The van der Waals surface area contributed by atoms with Crippen LogP contribution in [0.15, 0.2) is 0 Å². The topological polar surface area (TPSA) is 67.6 Å². The van der Waals surface area contributed by atoms with Crippen LogP contribution in [0.1, 0.15) is 33.6 Å². The van der Waals surface area contributed by atoms with E-state index in [0.29, 0.717) is 6.54 Å². The maximum Gasteiger partial charge on any atom is 0.407 e. The highest BCUT2D eigenvalue weighted by atomic mass is 16.6. The Balaban J connectivity index is 2.33. The van der Waals surface area contributed by atoms with Crippen molar-refractivity contribution in [3.8, 4) is 0 Å². The number of amides is 1. The van der Waals surface area contributed by atoms with E-state index in [9.17, 15) is 4.79 Å². The summed E-state index contributed by atoms with van der Waals surface area (Å²) in [6.07, 6.45) is 1.79. The zero-order valence-corrected chi connectivity index (χ0v) is 11.2. The molecule has 1 amide bonds. The van der Waals surface area contributed by atoms with Gasteiger partial charge in [0.15, 0.2) is 0 Å². The Morgan fingerprint density at radius 2 is 2.24 bits per heavy atom. The van der Waals surface area contributed by atoms with Crippen molar-refractivity contribution in [3.63, 3.8) is 0 Å². The van der Waals surface area contributed by atoms with Gasteiger partial charge in [0.2, 0.25) is 0 Å². The van der Waals surface area contributed by atoms with Gasteiger partial charge in [-0.05, 0) is 40.2 Å². The highest BCUT2D eigenvalue weighted by Gasteiger charge is 2.23. The number of carbonyl (C=O) groups excluding carboxylic acids is 1. The molecule has 1 atom stereocenters. The fourth-order valence-electron chi connectivity index (χ4n) is 2.03. The number of alkyl carbamates (subject to hydrolysis) is 1. The second kappa shape index (κ2) is 6.21. The Kier molecular flexibility index (Phi) is 5.21. The highest BCUT2D eigenvalue weighted by Crippen LogP contribution is 2.11. The molecule has 0 aliphatic carbocycles. The van der Waals surface area contributed by atoms with Gasteiger partial charge >= 0.3 is 6.09 Å². The Bertz CT molecular complexity index is 249. The Labute approximate surface area is 104 Å². The fraction of sp³-hybridized carbons (Fsp3) is 0.917. The lowest BCUT2D eigenvalue weighted by Gasteiger charge is -2.33. The summed E-state index contributed by atoms with van der Waals surface area (Å²) in [6.45, 7) is 9.11.